The van der Waals surface area contributed by atoms with Crippen LogP contribution in [0.4, 0.5) is 0 Å². The fourth-order valence-corrected chi connectivity index (χ4v) is 3.95. The first-order chi connectivity index (χ1) is 16.3. The lowest BCUT2D eigenvalue weighted by Crippen LogP contribution is -2.50. The first kappa shape index (κ1) is 27.5. The van der Waals surface area contributed by atoms with Crippen molar-refractivity contribution in [2.45, 2.75) is 72.5 Å². The molecule has 0 aliphatic rings. The summed E-state index contributed by atoms with van der Waals surface area (Å²) >= 11 is 6.38. The number of nitrogens with one attached hydrogen (secondary N) is 1. The van der Waals surface area contributed by atoms with Crippen molar-refractivity contribution in [1.82, 2.24) is 10.2 Å². The highest BCUT2D eigenvalue weighted by Crippen LogP contribution is 2.29. The minimum Gasteiger partial charge on any atom is -0.490 e. The number of ether oxygens (including phenoxy) is 2. The average molecular weight is 489 g/mol. The van der Waals surface area contributed by atoms with E-state index in [1.165, 1.54) is 0 Å². The van der Waals surface area contributed by atoms with E-state index in [0.29, 0.717) is 42.6 Å². The molecule has 2 amide bonds. The summed E-state index contributed by atoms with van der Waals surface area (Å²) in [7, 11) is 0. The Hall–Kier alpha value is -2.73. The number of halogens is 1. The molecule has 0 unspecified atom stereocenters. The van der Waals surface area contributed by atoms with E-state index >= 15 is 0 Å². The summed E-state index contributed by atoms with van der Waals surface area (Å²) in [5, 5.41) is 3.52. The van der Waals surface area contributed by atoms with E-state index in [2.05, 4.69) is 5.32 Å². The van der Waals surface area contributed by atoms with Crippen LogP contribution in [0.1, 0.15) is 58.6 Å². The van der Waals surface area contributed by atoms with Crippen molar-refractivity contribution in [1.29, 1.82) is 0 Å². The van der Waals surface area contributed by atoms with Gasteiger partial charge in [-0.1, -0.05) is 42.8 Å². The van der Waals surface area contributed by atoms with Gasteiger partial charge in [0.25, 0.3) is 0 Å². The molecule has 0 aliphatic carbocycles. The lowest BCUT2D eigenvalue weighted by Gasteiger charge is -2.31. The summed E-state index contributed by atoms with van der Waals surface area (Å²) in [6, 6.07) is 12.6. The molecule has 2 aromatic rings. The third-order valence-electron chi connectivity index (χ3n) is 5.35. The molecule has 0 aromatic heterocycles. The van der Waals surface area contributed by atoms with Crippen molar-refractivity contribution in [2.75, 3.05) is 13.2 Å². The number of carbonyl (C=O) groups is 2. The highest BCUT2D eigenvalue weighted by molar-refractivity contribution is 6.31. The summed E-state index contributed by atoms with van der Waals surface area (Å²) in [5.41, 5.74) is 1.78. The molecule has 1 atom stereocenters. The van der Waals surface area contributed by atoms with E-state index in [0.717, 1.165) is 11.1 Å². The van der Waals surface area contributed by atoms with Crippen LogP contribution in [0.15, 0.2) is 42.5 Å². The molecule has 186 valence electrons. The van der Waals surface area contributed by atoms with Crippen LogP contribution in [0.2, 0.25) is 5.02 Å². The molecular formula is C27H37ClN2O4. The zero-order valence-corrected chi connectivity index (χ0v) is 21.7. The Kier molecular flexibility index (Phi) is 11.2. The molecule has 0 fully saturated rings. The monoisotopic (exact) mass is 488 g/mol. The zero-order valence-electron chi connectivity index (χ0n) is 20.9. The van der Waals surface area contributed by atoms with Gasteiger partial charge >= 0.3 is 0 Å². The van der Waals surface area contributed by atoms with Crippen LogP contribution in [-0.2, 0) is 22.6 Å². The molecule has 1 N–H and O–H groups in total. The number of amides is 2. The Morgan fingerprint density at radius 3 is 2.29 bits per heavy atom. The van der Waals surface area contributed by atoms with Gasteiger partial charge in [0.15, 0.2) is 11.5 Å². The predicted molar refractivity (Wildman–Crippen MR) is 136 cm³/mol. The molecule has 0 aliphatic heterocycles. The zero-order chi connectivity index (χ0) is 25.1. The second kappa shape index (κ2) is 13.9. The second-order valence-electron chi connectivity index (χ2n) is 8.35. The summed E-state index contributed by atoms with van der Waals surface area (Å²) in [5.74, 6) is 1.11. The SMILES string of the molecule is CCOc1ccc(CCC(=O)N(Cc2ccccc2Cl)[C@H](CC)C(=O)NC(C)C)cc1OCC. The molecule has 2 aromatic carbocycles. The maximum Gasteiger partial charge on any atom is 0.243 e. The van der Waals surface area contributed by atoms with Crippen molar-refractivity contribution in [3.63, 3.8) is 0 Å². The van der Waals surface area contributed by atoms with Crippen molar-refractivity contribution in [2.24, 2.45) is 0 Å². The third kappa shape index (κ3) is 7.94. The quantitative estimate of drug-likeness (QED) is 0.409. The van der Waals surface area contributed by atoms with E-state index < -0.39 is 6.04 Å². The Bertz CT molecular complexity index is 948. The normalized spacial score (nSPS) is 11.7. The van der Waals surface area contributed by atoms with Crippen molar-refractivity contribution in [3.8, 4) is 11.5 Å². The van der Waals surface area contributed by atoms with Gasteiger partial charge in [-0.05, 0) is 69.9 Å². The molecule has 6 nitrogen and oxygen atoms in total. The van der Waals surface area contributed by atoms with Crippen LogP contribution in [0, 0.1) is 0 Å². The molecule has 0 heterocycles. The minimum atomic E-state index is -0.578. The number of rotatable bonds is 13. The van der Waals surface area contributed by atoms with Crippen LogP contribution in [-0.4, -0.2) is 42.0 Å². The lowest BCUT2D eigenvalue weighted by molar-refractivity contribution is -0.141. The van der Waals surface area contributed by atoms with Gasteiger partial charge in [0, 0.05) is 24.0 Å². The number of carbonyl (C=O) groups excluding carboxylic acids is 2. The maximum atomic E-state index is 13.4. The van der Waals surface area contributed by atoms with Crippen LogP contribution in [0.3, 0.4) is 0 Å². The molecule has 0 saturated heterocycles. The molecule has 2 rings (SSSR count). The van der Waals surface area contributed by atoms with Crippen LogP contribution >= 0.6 is 11.6 Å². The van der Waals surface area contributed by atoms with Crippen LogP contribution in [0.5, 0.6) is 11.5 Å². The van der Waals surface area contributed by atoms with Crippen molar-refractivity contribution < 1.29 is 19.1 Å². The molecule has 0 bridgehead atoms. The van der Waals surface area contributed by atoms with Gasteiger partial charge in [0.2, 0.25) is 11.8 Å². The highest BCUT2D eigenvalue weighted by atomic mass is 35.5. The third-order valence-corrected chi connectivity index (χ3v) is 5.72. The standard InChI is InChI=1S/C27H37ClN2O4/c1-6-23(27(32)29-19(4)5)30(18-21-11-9-10-12-22(21)28)26(31)16-14-20-13-15-24(33-7-2)25(17-20)34-8-3/h9-13,15,17,19,23H,6-8,14,16,18H2,1-5H3,(H,29,32)/t23-/m1/s1. The maximum absolute atomic E-state index is 13.4. The molecule has 0 spiro atoms. The summed E-state index contributed by atoms with van der Waals surface area (Å²) in [6.07, 6.45) is 1.29. The number of aryl methyl sites for hydroxylation is 1. The average Bonchev–Trinajstić information content (AvgIpc) is 2.80. The Balaban J connectivity index is 2.24. The fourth-order valence-electron chi connectivity index (χ4n) is 3.76. The first-order valence-corrected chi connectivity index (χ1v) is 12.4. The van der Waals surface area contributed by atoms with Crippen LogP contribution < -0.4 is 14.8 Å². The van der Waals surface area contributed by atoms with Crippen molar-refractivity contribution >= 4 is 23.4 Å². The molecule has 0 saturated carbocycles. The molecular weight excluding hydrogens is 452 g/mol. The molecule has 34 heavy (non-hydrogen) atoms. The topological polar surface area (TPSA) is 67.9 Å². The Labute approximate surface area is 208 Å². The van der Waals surface area contributed by atoms with Gasteiger partial charge in [-0.3, -0.25) is 9.59 Å². The number of hydrogen-bond donors (Lipinski definition) is 1. The minimum absolute atomic E-state index is 0.0142. The molecule has 7 heteroatoms. The fraction of sp³-hybridized carbons (Fsp3) is 0.481. The van der Waals surface area contributed by atoms with E-state index in [9.17, 15) is 9.59 Å². The number of nitrogens with zero attached hydrogens (tertiary/aromatic N) is 1. The number of benzene rings is 2. The van der Waals surface area contributed by atoms with E-state index in [1.807, 2.05) is 71.0 Å². The summed E-state index contributed by atoms with van der Waals surface area (Å²) in [4.78, 5) is 28.0. The Morgan fingerprint density at radius 1 is 1.00 bits per heavy atom. The summed E-state index contributed by atoms with van der Waals surface area (Å²) in [6.45, 7) is 10.9. The largest absolute Gasteiger partial charge is 0.490 e. The highest BCUT2D eigenvalue weighted by Gasteiger charge is 2.29. The second-order valence-corrected chi connectivity index (χ2v) is 8.75. The van der Waals surface area contributed by atoms with Gasteiger partial charge in [-0.25, -0.2) is 0 Å². The van der Waals surface area contributed by atoms with Gasteiger partial charge in [0.1, 0.15) is 6.04 Å². The van der Waals surface area contributed by atoms with E-state index in [-0.39, 0.29) is 30.8 Å². The lowest BCUT2D eigenvalue weighted by atomic mass is 10.1. The van der Waals surface area contributed by atoms with Gasteiger partial charge in [0.05, 0.1) is 13.2 Å². The first-order valence-electron chi connectivity index (χ1n) is 12.0. The van der Waals surface area contributed by atoms with E-state index in [1.54, 1.807) is 11.0 Å². The Morgan fingerprint density at radius 2 is 1.68 bits per heavy atom. The van der Waals surface area contributed by atoms with Crippen molar-refractivity contribution in [3.05, 3.63) is 58.6 Å². The van der Waals surface area contributed by atoms with Gasteiger partial charge in [-0.15, -0.1) is 0 Å². The summed E-state index contributed by atoms with van der Waals surface area (Å²) < 4.78 is 11.3. The smallest absolute Gasteiger partial charge is 0.243 e. The van der Waals surface area contributed by atoms with Gasteiger partial charge < -0.3 is 19.7 Å². The molecule has 0 radical (unpaired) electrons. The van der Waals surface area contributed by atoms with Gasteiger partial charge in [-0.2, -0.15) is 0 Å². The van der Waals surface area contributed by atoms with Crippen LogP contribution in [0.25, 0.3) is 0 Å². The predicted octanol–water partition coefficient (Wildman–Crippen LogP) is 5.40. The number of hydrogen-bond acceptors (Lipinski definition) is 4. The van der Waals surface area contributed by atoms with E-state index in [4.69, 9.17) is 21.1 Å².